The molecule has 1 N–H and O–H groups in total. The Hall–Kier alpha value is 1.51. The summed E-state index contributed by atoms with van der Waals surface area (Å²) < 4.78 is 33.1. The summed E-state index contributed by atoms with van der Waals surface area (Å²) >= 11 is 0. The molecule has 2 atom stereocenters. The van der Waals surface area contributed by atoms with Crippen LogP contribution in [-0.2, 0) is 10.1 Å². The molecule has 0 bridgehead atoms. The molecule has 4 nitrogen and oxygen atoms in total. The number of aliphatic hydroxyl groups is 1. The van der Waals surface area contributed by atoms with Crippen molar-refractivity contribution in [2.75, 3.05) is 0 Å². The van der Waals surface area contributed by atoms with Gasteiger partial charge >= 0.3 is 51.4 Å². The Morgan fingerprint density at radius 2 is 1.07 bits per heavy atom. The molecule has 0 radical (unpaired) electrons. The van der Waals surface area contributed by atoms with Gasteiger partial charge in [-0.15, -0.1) is 0 Å². The first kappa shape index (κ1) is 31.7. The van der Waals surface area contributed by atoms with Gasteiger partial charge in [0.25, 0.3) is 0 Å². The molecule has 6 heteroatoms. The smallest absolute Gasteiger partial charge is 0.748 e. The van der Waals surface area contributed by atoms with Crippen LogP contribution < -0.4 is 51.4 Å². The molecule has 0 saturated carbocycles. The van der Waals surface area contributed by atoms with Gasteiger partial charge in [-0.1, -0.05) is 104 Å². The fraction of sp³-hybridized carbons (Fsp3) is 1.00. The van der Waals surface area contributed by atoms with Crippen LogP contribution in [0.5, 0.6) is 0 Å². The van der Waals surface area contributed by atoms with Gasteiger partial charge < -0.3 is 9.66 Å². The Bertz CT molecular complexity index is 415. The Labute approximate surface area is 218 Å². The summed E-state index contributed by atoms with van der Waals surface area (Å²) in [6.45, 7) is 3.97. The second-order valence-corrected chi connectivity index (χ2v) is 9.79. The minimum Gasteiger partial charge on any atom is -0.748 e. The van der Waals surface area contributed by atoms with Crippen LogP contribution >= 0.6 is 0 Å². The zero-order valence-electron chi connectivity index (χ0n) is 19.0. The fourth-order valence-electron chi connectivity index (χ4n) is 3.65. The van der Waals surface area contributed by atoms with Crippen LogP contribution in [0.15, 0.2) is 0 Å². The summed E-state index contributed by atoms with van der Waals surface area (Å²) in [5.41, 5.74) is 0. The van der Waals surface area contributed by atoms with Gasteiger partial charge in [-0.25, -0.2) is 8.42 Å². The quantitative estimate of drug-likeness (QED) is 0.177. The van der Waals surface area contributed by atoms with E-state index in [0.717, 1.165) is 12.8 Å². The molecule has 0 aromatic carbocycles. The Kier molecular flexibility index (Phi) is 24.6. The molecule has 0 heterocycles. The summed E-state index contributed by atoms with van der Waals surface area (Å²) in [6, 6.07) is 0. The van der Waals surface area contributed by atoms with Gasteiger partial charge in [-0.2, -0.15) is 0 Å². The van der Waals surface area contributed by atoms with E-state index in [1.54, 1.807) is 6.92 Å². The summed E-state index contributed by atoms with van der Waals surface area (Å²) in [5, 5.41) is 9.11. The van der Waals surface area contributed by atoms with Crippen molar-refractivity contribution in [2.45, 2.75) is 141 Å². The monoisotopic (exact) mass is 444 g/mol. The first-order valence-corrected chi connectivity index (χ1v) is 13.0. The van der Waals surface area contributed by atoms with Crippen molar-refractivity contribution in [1.82, 2.24) is 0 Å². The Morgan fingerprint density at radius 3 is 1.43 bits per heavy atom. The first-order valence-electron chi connectivity index (χ1n) is 11.5. The van der Waals surface area contributed by atoms with Gasteiger partial charge in [0.1, 0.15) is 0 Å². The molecule has 0 aliphatic heterocycles. The molecule has 0 spiro atoms. The number of hydrogen-bond donors (Lipinski definition) is 1. The van der Waals surface area contributed by atoms with Crippen molar-refractivity contribution in [2.24, 2.45) is 0 Å². The normalized spacial score (nSPS) is 13.9. The molecular formula is C22H45KO4S. The van der Waals surface area contributed by atoms with Crippen molar-refractivity contribution >= 4 is 10.1 Å². The summed E-state index contributed by atoms with van der Waals surface area (Å²) in [4.78, 5) is 0. The van der Waals surface area contributed by atoms with Crippen molar-refractivity contribution in [3.8, 4) is 0 Å². The van der Waals surface area contributed by atoms with Crippen LogP contribution in [-0.4, -0.2) is 29.4 Å². The molecule has 0 amide bonds. The molecule has 164 valence electrons. The summed E-state index contributed by atoms with van der Waals surface area (Å²) in [5.74, 6) is 0. The zero-order valence-corrected chi connectivity index (χ0v) is 22.9. The topological polar surface area (TPSA) is 77.4 Å². The third kappa shape index (κ3) is 20.8. The molecule has 2 unspecified atom stereocenters. The Balaban J connectivity index is 0. The molecule has 0 saturated heterocycles. The van der Waals surface area contributed by atoms with Gasteiger partial charge in [0.05, 0.1) is 16.2 Å². The van der Waals surface area contributed by atoms with Crippen LogP contribution in [0.3, 0.4) is 0 Å². The second kappa shape index (κ2) is 21.7. The predicted octanol–water partition coefficient (Wildman–Crippen LogP) is 3.33. The van der Waals surface area contributed by atoms with E-state index in [4.69, 9.17) is 0 Å². The largest absolute Gasteiger partial charge is 1.00 e. The van der Waals surface area contributed by atoms with E-state index in [1.807, 2.05) is 0 Å². The average Bonchev–Trinajstić information content (AvgIpc) is 2.61. The third-order valence-electron chi connectivity index (χ3n) is 5.58. The van der Waals surface area contributed by atoms with Gasteiger partial charge in [-0.05, 0) is 25.7 Å². The van der Waals surface area contributed by atoms with E-state index in [1.165, 1.54) is 77.0 Å². The number of aliphatic hydroxyl groups excluding tert-OH is 1. The van der Waals surface area contributed by atoms with Gasteiger partial charge in [-0.3, -0.25) is 0 Å². The maximum Gasteiger partial charge on any atom is 1.00 e. The Morgan fingerprint density at radius 1 is 0.679 bits per heavy atom. The third-order valence-corrected chi connectivity index (χ3v) is 6.96. The molecule has 0 aromatic heterocycles. The zero-order chi connectivity index (χ0) is 20.4. The van der Waals surface area contributed by atoms with Gasteiger partial charge in [0, 0.05) is 5.25 Å². The maximum absolute atomic E-state index is 11.0. The summed E-state index contributed by atoms with van der Waals surface area (Å²) in [7, 11) is -4.22. The van der Waals surface area contributed by atoms with Crippen molar-refractivity contribution < 1.29 is 69.5 Å². The van der Waals surface area contributed by atoms with E-state index < -0.39 is 21.5 Å². The fourth-order valence-corrected chi connectivity index (χ4v) is 4.48. The average molecular weight is 445 g/mol. The van der Waals surface area contributed by atoms with E-state index >= 15 is 0 Å². The standard InChI is InChI=1S/C22H46O4S.K/c1-3-5-6-7-8-9-10-11-12-13-14-15-16-17-18-21(23)19-20-22(4-2)27(24,25)26;/h21-23H,3-20H2,1-2H3,(H,24,25,26);/q;+1/p-1. The predicted molar refractivity (Wildman–Crippen MR) is 114 cm³/mol. The number of unbranched alkanes of at least 4 members (excludes halogenated alkanes) is 13. The molecule has 0 aliphatic carbocycles. The molecule has 0 aliphatic rings. The van der Waals surface area contributed by atoms with E-state index in [0.29, 0.717) is 19.3 Å². The minimum absolute atomic E-state index is 0. The molecule has 0 rings (SSSR count). The van der Waals surface area contributed by atoms with E-state index in [2.05, 4.69) is 6.92 Å². The van der Waals surface area contributed by atoms with Crippen LogP contribution in [0.25, 0.3) is 0 Å². The summed E-state index contributed by atoms with van der Waals surface area (Å²) in [6.07, 6.45) is 19.6. The first-order chi connectivity index (χ1) is 12.9. The minimum atomic E-state index is -4.22. The van der Waals surface area contributed by atoms with Gasteiger partial charge in [0.15, 0.2) is 0 Å². The SMILES string of the molecule is CCCCCCCCCCCCCCCCC(O)CCC(CC)S(=O)(=O)[O-].[K+]. The van der Waals surface area contributed by atoms with Crippen molar-refractivity contribution in [1.29, 1.82) is 0 Å². The number of rotatable bonds is 20. The van der Waals surface area contributed by atoms with E-state index in [9.17, 15) is 18.1 Å². The van der Waals surface area contributed by atoms with Crippen LogP contribution in [0.2, 0.25) is 0 Å². The molecule has 0 fully saturated rings. The van der Waals surface area contributed by atoms with Crippen molar-refractivity contribution in [3.05, 3.63) is 0 Å². The van der Waals surface area contributed by atoms with Gasteiger partial charge in [0.2, 0.25) is 0 Å². The van der Waals surface area contributed by atoms with E-state index in [-0.39, 0.29) is 57.8 Å². The van der Waals surface area contributed by atoms with Crippen LogP contribution in [0.4, 0.5) is 0 Å². The van der Waals surface area contributed by atoms with Crippen LogP contribution in [0, 0.1) is 0 Å². The molecule has 0 aromatic rings. The molecular weight excluding hydrogens is 399 g/mol. The molecule has 28 heavy (non-hydrogen) atoms. The van der Waals surface area contributed by atoms with Crippen molar-refractivity contribution in [3.63, 3.8) is 0 Å². The van der Waals surface area contributed by atoms with Crippen LogP contribution in [0.1, 0.15) is 129 Å². The maximum atomic E-state index is 11.0. The number of hydrogen-bond acceptors (Lipinski definition) is 4. The second-order valence-electron chi connectivity index (χ2n) is 8.14.